The van der Waals surface area contributed by atoms with Crippen LogP contribution in [0.4, 0.5) is 10.5 Å². The van der Waals surface area contributed by atoms with E-state index >= 15 is 0 Å². The van der Waals surface area contributed by atoms with Crippen LogP contribution in [0.5, 0.6) is 0 Å². The van der Waals surface area contributed by atoms with Crippen molar-refractivity contribution in [1.82, 2.24) is 15.2 Å². The Kier molecular flexibility index (Phi) is 7.05. The normalized spacial score (nSPS) is 15.4. The van der Waals surface area contributed by atoms with Crippen molar-refractivity contribution >= 4 is 17.7 Å². The molecule has 2 amide bonds. The molecular formula is C22H28N4O3. The van der Waals surface area contributed by atoms with Crippen molar-refractivity contribution in [3.8, 4) is 0 Å². The van der Waals surface area contributed by atoms with Crippen LogP contribution < -0.4 is 10.6 Å². The third-order valence-electron chi connectivity index (χ3n) is 5.04. The Morgan fingerprint density at radius 2 is 1.90 bits per heavy atom. The van der Waals surface area contributed by atoms with E-state index in [1.54, 1.807) is 17.2 Å². The number of nitrogens with one attached hydrogen (secondary N) is 2. The Bertz CT molecular complexity index is 803. The second kappa shape index (κ2) is 9.91. The first-order valence-electron chi connectivity index (χ1n) is 10.1. The Balaban J connectivity index is 1.49. The first kappa shape index (κ1) is 20.6. The summed E-state index contributed by atoms with van der Waals surface area (Å²) in [6.45, 7) is 5.49. The van der Waals surface area contributed by atoms with Gasteiger partial charge in [0.25, 0.3) is 5.91 Å². The zero-order valence-electron chi connectivity index (χ0n) is 16.9. The van der Waals surface area contributed by atoms with Gasteiger partial charge in [0.2, 0.25) is 0 Å². The van der Waals surface area contributed by atoms with Crippen molar-refractivity contribution in [2.75, 3.05) is 25.0 Å². The standard InChI is InChI=1S/C22H28N4O3/c1-3-29-22(28)26-13-11-18(12-14-26)25-19-9-10-20(23-15-19)21(27)24-16(2)17-7-5-4-6-8-17/h4-10,15-16,18,25H,3,11-14H2,1-2H3,(H,24,27). The summed E-state index contributed by atoms with van der Waals surface area (Å²) in [5.74, 6) is -0.198. The third kappa shape index (κ3) is 5.70. The average Bonchev–Trinajstić information content (AvgIpc) is 2.75. The highest BCUT2D eigenvalue weighted by atomic mass is 16.6. The van der Waals surface area contributed by atoms with E-state index in [9.17, 15) is 9.59 Å². The Morgan fingerprint density at radius 3 is 2.52 bits per heavy atom. The van der Waals surface area contributed by atoms with Gasteiger partial charge in [-0.05, 0) is 44.4 Å². The summed E-state index contributed by atoms with van der Waals surface area (Å²) in [6.07, 6.45) is 3.12. The second-order valence-electron chi connectivity index (χ2n) is 7.14. The number of amides is 2. The van der Waals surface area contributed by atoms with Crippen molar-refractivity contribution in [2.24, 2.45) is 0 Å². The molecule has 0 spiro atoms. The molecule has 2 heterocycles. The number of aromatic nitrogens is 1. The number of rotatable bonds is 6. The van der Waals surface area contributed by atoms with Gasteiger partial charge in [-0.25, -0.2) is 9.78 Å². The molecule has 0 radical (unpaired) electrons. The number of anilines is 1. The maximum absolute atomic E-state index is 12.4. The summed E-state index contributed by atoms with van der Waals surface area (Å²) in [5.41, 5.74) is 2.30. The molecule has 1 fully saturated rings. The molecule has 1 aromatic carbocycles. The Morgan fingerprint density at radius 1 is 1.17 bits per heavy atom. The lowest BCUT2D eigenvalue weighted by atomic mass is 10.1. The fourth-order valence-corrected chi connectivity index (χ4v) is 3.37. The molecular weight excluding hydrogens is 368 g/mol. The van der Waals surface area contributed by atoms with Crippen LogP contribution in [0.1, 0.15) is 48.8 Å². The van der Waals surface area contributed by atoms with Gasteiger partial charge in [0.15, 0.2) is 0 Å². The predicted molar refractivity (Wildman–Crippen MR) is 112 cm³/mol. The third-order valence-corrected chi connectivity index (χ3v) is 5.04. The SMILES string of the molecule is CCOC(=O)N1CCC(Nc2ccc(C(=O)NC(C)c3ccccc3)nc2)CC1. The van der Waals surface area contributed by atoms with Crippen LogP contribution in [0.25, 0.3) is 0 Å². The number of carbonyl (C=O) groups excluding carboxylic acids is 2. The molecule has 1 aliphatic rings. The van der Waals surface area contributed by atoms with Crippen LogP contribution in [0, 0.1) is 0 Å². The number of hydrogen-bond donors (Lipinski definition) is 2. The lowest BCUT2D eigenvalue weighted by molar-refractivity contribution is 0.0934. The van der Waals surface area contributed by atoms with Gasteiger partial charge in [0, 0.05) is 19.1 Å². The van der Waals surface area contributed by atoms with E-state index in [4.69, 9.17) is 4.74 Å². The Labute approximate surface area is 171 Å². The summed E-state index contributed by atoms with van der Waals surface area (Å²) < 4.78 is 5.04. The minimum atomic E-state index is -0.243. The number of likely N-dealkylation sites (tertiary alicyclic amines) is 1. The van der Waals surface area contributed by atoms with E-state index in [2.05, 4.69) is 15.6 Å². The lowest BCUT2D eigenvalue weighted by Crippen LogP contribution is -2.42. The van der Waals surface area contributed by atoms with Crippen LogP contribution in [-0.4, -0.2) is 47.6 Å². The highest BCUT2D eigenvalue weighted by Gasteiger charge is 2.23. The number of benzene rings is 1. The molecule has 0 aliphatic carbocycles. The largest absolute Gasteiger partial charge is 0.450 e. The fraction of sp³-hybridized carbons (Fsp3) is 0.409. The van der Waals surface area contributed by atoms with E-state index in [0.717, 1.165) is 24.1 Å². The topological polar surface area (TPSA) is 83.6 Å². The van der Waals surface area contributed by atoms with Crippen molar-refractivity contribution in [2.45, 2.75) is 38.8 Å². The van der Waals surface area contributed by atoms with Gasteiger partial charge in [0.1, 0.15) is 5.69 Å². The molecule has 1 aliphatic heterocycles. The van der Waals surface area contributed by atoms with E-state index in [1.807, 2.05) is 50.2 Å². The van der Waals surface area contributed by atoms with Crippen molar-refractivity contribution in [3.05, 3.63) is 59.9 Å². The molecule has 2 aromatic rings. The Hall–Kier alpha value is -3.09. The van der Waals surface area contributed by atoms with Crippen LogP contribution in [0.15, 0.2) is 48.7 Å². The molecule has 1 saturated heterocycles. The monoisotopic (exact) mass is 396 g/mol. The van der Waals surface area contributed by atoms with Crippen LogP contribution in [-0.2, 0) is 4.74 Å². The van der Waals surface area contributed by atoms with Gasteiger partial charge >= 0.3 is 6.09 Å². The fourth-order valence-electron chi connectivity index (χ4n) is 3.37. The van der Waals surface area contributed by atoms with E-state index < -0.39 is 0 Å². The highest BCUT2D eigenvalue weighted by Crippen LogP contribution is 2.17. The molecule has 154 valence electrons. The van der Waals surface area contributed by atoms with Crippen molar-refractivity contribution in [1.29, 1.82) is 0 Å². The zero-order chi connectivity index (χ0) is 20.6. The van der Waals surface area contributed by atoms with E-state index in [0.29, 0.717) is 25.4 Å². The van der Waals surface area contributed by atoms with Crippen LogP contribution >= 0.6 is 0 Å². The van der Waals surface area contributed by atoms with Gasteiger partial charge in [-0.1, -0.05) is 30.3 Å². The number of nitrogens with zero attached hydrogens (tertiary/aromatic N) is 2. The summed E-state index contributed by atoms with van der Waals surface area (Å²) in [7, 11) is 0. The number of hydrogen-bond acceptors (Lipinski definition) is 5. The molecule has 0 saturated carbocycles. The summed E-state index contributed by atoms with van der Waals surface area (Å²) in [4.78, 5) is 30.2. The summed E-state index contributed by atoms with van der Waals surface area (Å²) >= 11 is 0. The van der Waals surface area contributed by atoms with Crippen LogP contribution in [0.3, 0.4) is 0 Å². The van der Waals surface area contributed by atoms with Gasteiger partial charge in [-0.3, -0.25) is 4.79 Å². The lowest BCUT2D eigenvalue weighted by Gasteiger charge is -2.32. The molecule has 2 N–H and O–H groups in total. The summed E-state index contributed by atoms with van der Waals surface area (Å²) in [6, 6.07) is 13.6. The first-order valence-corrected chi connectivity index (χ1v) is 10.1. The molecule has 1 atom stereocenters. The number of piperidine rings is 1. The van der Waals surface area contributed by atoms with E-state index in [1.165, 1.54) is 0 Å². The van der Waals surface area contributed by atoms with Gasteiger partial charge in [-0.2, -0.15) is 0 Å². The molecule has 1 unspecified atom stereocenters. The minimum Gasteiger partial charge on any atom is -0.450 e. The average molecular weight is 396 g/mol. The van der Waals surface area contributed by atoms with Crippen molar-refractivity contribution < 1.29 is 14.3 Å². The second-order valence-corrected chi connectivity index (χ2v) is 7.14. The van der Waals surface area contributed by atoms with E-state index in [-0.39, 0.29) is 24.1 Å². The van der Waals surface area contributed by atoms with Crippen molar-refractivity contribution in [3.63, 3.8) is 0 Å². The van der Waals surface area contributed by atoms with Gasteiger partial charge in [-0.15, -0.1) is 0 Å². The molecule has 7 nitrogen and oxygen atoms in total. The number of ether oxygens (including phenoxy) is 1. The molecule has 1 aromatic heterocycles. The molecule has 29 heavy (non-hydrogen) atoms. The molecule has 3 rings (SSSR count). The highest BCUT2D eigenvalue weighted by molar-refractivity contribution is 5.92. The number of carbonyl (C=O) groups is 2. The molecule has 0 bridgehead atoms. The van der Waals surface area contributed by atoms with Gasteiger partial charge < -0.3 is 20.3 Å². The predicted octanol–water partition coefficient (Wildman–Crippen LogP) is 3.61. The summed E-state index contributed by atoms with van der Waals surface area (Å²) in [5, 5.41) is 6.40. The minimum absolute atomic E-state index is 0.0899. The quantitative estimate of drug-likeness (QED) is 0.779. The zero-order valence-corrected chi connectivity index (χ0v) is 16.9. The number of pyridine rings is 1. The molecule has 7 heteroatoms. The maximum atomic E-state index is 12.4. The van der Waals surface area contributed by atoms with Crippen LogP contribution in [0.2, 0.25) is 0 Å². The maximum Gasteiger partial charge on any atom is 0.409 e. The smallest absolute Gasteiger partial charge is 0.409 e. The van der Waals surface area contributed by atoms with Gasteiger partial charge in [0.05, 0.1) is 24.5 Å². The first-order chi connectivity index (χ1) is 14.1.